The summed E-state index contributed by atoms with van der Waals surface area (Å²) in [7, 11) is 3.44. The summed E-state index contributed by atoms with van der Waals surface area (Å²) >= 11 is 0. The largest absolute Gasteiger partial charge is 0.454 e. The molecule has 0 aliphatic rings. The third kappa shape index (κ3) is 5.95. The van der Waals surface area contributed by atoms with Crippen molar-refractivity contribution < 1.29 is 18.0 Å². The quantitative estimate of drug-likeness (QED) is 0.502. The summed E-state index contributed by atoms with van der Waals surface area (Å²) in [6, 6.07) is 0. The second kappa shape index (κ2) is 4.69. The molecule has 0 aliphatic heterocycles. The number of rotatable bonds is 3. The average molecular weight is 193 g/mol. The topological polar surface area (TPSA) is 20.3 Å². The Morgan fingerprint density at radius 2 is 1.77 bits per heavy atom. The molecule has 0 spiro atoms. The number of hydrogen-bond acceptors (Lipinski definition) is 2. The van der Waals surface area contributed by atoms with Crippen molar-refractivity contribution >= 4 is 5.78 Å². The predicted molar refractivity (Wildman–Crippen MR) is 43.0 cm³/mol. The van der Waals surface area contributed by atoms with Gasteiger partial charge in [-0.1, -0.05) is 6.08 Å². The third-order valence-electron chi connectivity index (χ3n) is 1.02. The van der Waals surface area contributed by atoms with Crippen LogP contribution < -0.4 is 0 Å². The number of nitrogens with zero attached hydrogens (tertiary/aromatic N) is 1. The van der Waals surface area contributed by atoms with Gasteiger partial charge in [0.05, 0.1) is 0 Å². The SMILES string of the molecule is CN(C)/C=C/C=C/C(=O)C(F)(F)F. The molecule has 0 unspecified atom stereocenters. The molecule has 0 N–H and O–H groups in total. The summed E-state index contributed by atoms with van der Waals surface area (Å²) in [5, 5.41) is 0. The van der Waals surface area contributed by atoms with Gasteiger partial charge in [0.25, 0.3) is 5.78 Å². The van der Waals surface area contributed by atoms with Crippen LogP contribution in [0.4, 0.5) is 13.2 Å². The van der Waals surface area contributed by atoms with Gasteiger partial charge in [0.15, 0.2) is 0 Å². The first kappa shape index (κ1) is 11.7. The van der Waals surface area contributed by atoms with Gasteiger partial charge in [-0.05, 0) is 18.4 Å². The zero-order valence-electron chi connectivity index (χ0n) is 7.30. The predicted octanol–water partition coefficient (Wildman–Crippen LogP) is 1.75. The van der Waals surface area contributed by atoms with Crippen molar-refractivity contribution in [2.75, 3.05) is 14.1 Å². The van der Waals surface area contributed by atoms with Gasteiger partial charge in [0.2, 0.25) is 0 Å². The molecule has 2 nitrogen and oxygen atoms in total. The van der Waals surface area contributed by atoms with E-state index in [2.05, 4.69) is 0 Å². The van der Waals surface area contributed by atoms with E-state index in [9.17, 15) is 18.0 Å². The number of carbonyl (C=O) groups excluding carboxylic acids is 1. The minimum absolute atomic E-state index is 0.486. The molecule has 0 saturated heterocycles. The van der Waals surface area contributed by atoms with Crippen molar-refractivity contribution in [3.05, 3.63) is 24.4 Å². The molecular formula is C8H10F3NO. The van der Waals surface area contributed by atoms with Crippen LogP contribution in [0.5, 0.6) is 0 Å². The Morgan fingerprint density at radius 3 is 2.15 bits per heavy atom. The van der Waals surface area contributed by atoms with Gasteiger partial charge in [-0.2, -0.15) is 13.2 Å². The minimum atomic E-state index is -4.78. The Labute approximate surface area is 74.3 Å². The Balaban J connectivity index is 4.08. The van der Waals surface area contributed by atoms with Crippen LogP contribution in [0.15, 0.2) is 24.4 Å². The number of halogens is 3. The second-order valence-corrected chi connectivity index (χ2v) is 2.53. The van der Waals surface area contributed by atoms with E-state index >= 15 is 0 Å². The molecule has 0 bridgehead atoms. The number of allylic oxidation sites excluding steroid dienone is 3. The molecule has 0 aliphatic carbocycles. The Kier molecular flexibility index (Phi) is 4.23. The van der Waals surface area contributed by atoms with Crippen molar-refractivity contribution in [3.63, 3.8) is 0 Å². The highest BCUT2D eigenvalue weighted by Gasteiger charge is 2.35. The highest BCUT2D eigenvalue weighted by Crippen LogP contribution is 2.16. The summed E-state index contributed by atoms with van der Waals surface area (Å²) in [5.41, 5.74) is 0. The van der Waals surface area contributed by atoms with Crippen LogP contribution >= 0.6 is 0 Å². The van der Waals surface area contributed by atoms with Gasteiger partial charge >= 0.3 is 6.18 Å². The van der Waals surface area contributed by atoms with Crippen LogP contribution in [-0.2, 0) is 4.79 Å². The molecule has 0 heterocycles. The third-order valence-corrected chi connectivity index (χ3v) is 1.02. The van der Waals surface area contributed by atoms with Crippen LogP contribution in [0.3, 0.4) is 0 Å². The molecule has 5 heteroatoms. The molecule has 0 fully saturated rings. The van der Waals surface area contributed by atoms with Crippen molar-refractivity contribution in [2.24, 2.45) is 0 Å². The number of alkyl halides is 3. The van der Waals surface area contributed by atoms with E-state index < -0.39 is 12.0 Å². The highest BCUT2D eigenvalue weighted by atomic mass is 19.4. The molecule has 0 atom stereocenters. The maximum atomic E-state index is 11.6. The lowest BCUT2D eigenvalue weighted by Gasteiger charge is -2.01. The number of hydrogen-bond donors (Lipinski definition) is 0. The molecular weight excluding hydrogens is 183 g/mol. The van der Waals surface area contributed by atoms with E-state index in [1.165, 1.54) is 12.3 Å². The van der Waals surface area contributed by atoms with E-state index in [0.29, 0.717) is 6.08 Å². The van der Waals surface area contributed by atoms with Gasteiger partial charge in [0, 0.05) is 14.1 Å². The van der Waals surface area contributed by atoms with Crippen LogP contribution in [0.25, 0.3) is 0 Å². The summed E-state index contributed by atoms with van der Waals surface area (Å²) in [6.07, 6.45) is -0.359. The zero-order valence-corrected chi connectivity index (χ0v) is 7.30. The standard InChI is InChI=1S/C8H10F3NO/c1-12(2)6-4-3-5-7(13)8(9,10)11/h3-6H,1-2H3/b5-3+,6-4+. The molecule has 0 aromatic rings. The van der Waals surface area contributed by atoms with E-state index in [1.807, 2.05) is 0 Å². The monoisotopic (exact) mass is 193 g/mol. The minimum Gasteiger partial charge on any atom is -0.383 e. The van der Waals surface area contributed by atoms with E-state index in [0.717, 1.165) is 6.08 Å². The van der Waals surface area contributed by atoms with Crippen LogP contribution in [0.1, 0.15) is 0 Å². The molecule has 0 amide bonds. The summed E-state index contributed by atoms with van der Waals surface area (Å²) < 4.78 is 34.8. The van der Waals surface area contributed by atoms with E-state index in [1.54, 1.807) is 19.0 Å². The first-order chi connectivity index (χ1) is 5.84. The van der Waals surface area contributed by atoms with E-state index in [-0.39, 0.29) is 0 Å². The first-order valence-corrected chi connectivity index (χ1v) is 3.46. The second-order valence-electron chi connectivity index (χ2n) is 2.53. The Hall–Kier alpha value is -1.26. The lowest BCUT2D eigenvalue weighted by Crippen LogP contribution is -2.19. The van der Waals surface area contributed by atoms with Crippen LogP contribution in [-0.4, -0.2) is 31.0 Å². The summed E-state index contributed by atoms with van der Waals surface area (Å²) in [5.74, 6) is -1.85. The fourth-order valence-corrected chi connectivity index (χ4v) is 0.459. The van der Waals surface area contributed by atoms with Crippen molar-refractivity contribution in [2.45, 2.75) is 6.18 Å². The van der Waals surface area contributed by atoms with Crippen molar-refractivity contribution in [3.8, 4) is 0 Å². The van der Waals surface area contributed by atoms with Crippen molar-refractivity contribution in [1.82, 2.24) is 4.90 Å². The molecule has 0 radical (unpaired) electrons. The maximum absolute atomic E-state index is 11.6. The fraction of sp³-hybridized carbons (Fsp3) is 0.375. The van der Waals surface area contributed by atoms with Crippen molar-refractivity contribution in [1.29, 1.82) is 0 Å². The van der Waals surface area contributed by atoms with Gasteiger partial charge in [-0.3, -0.25) is 4.79 Å². The Morgan fingerprint density at radius 1 is 1.23 bits per heavy atom. The molecule has 0 aromatic carbocycles. The smallest absolute Gasteiger partial charge is 0.383 e. The molecule has 74 valence electrons. The molecule has 0 saturated carbocycles. The average Bonchev–Trinajstić information content (AvgIpc) is 1.95. The molecule has 0 aromatic heterocycles. The van der Waals surface area contributed by atoms with Crippen LogP contribution in [0, 0.1) is 0 Å². The Bertz CT molecular complexity index is 228. The van der Waals surface area contributed by atoms with E-state index in [4.69, 9.17) is 0 Å². The molecule has 0 rings (SSSR count). The van der Waals surface area contributed by atoms with Gasteiger partial charge in [-0.15, -0.1) is 0 Å². The number of carbonyl (C=O) groups is 1. The normalized spacial score (nSPS) is 12.7. The van der Waals surface area contributed by atoms with Crippen LogP contribution in [0.2, 0.25) is 0 Å². The van der Waals surface area contributed by atoms with Gasteiger partial charge in [-0.25, -0.2) is 0 Å². The lowest BCUT2D eigenvalue weighted by molar-refractivity contribution is -0.165. The first-order valence-electron chi connectivity index (χ1n) is 3.46. The highest BCUT2D eigenvalue weighted by molar-refractivity contribution is 5.94. The summed E-state index contributed by atoms with van der Waals surface area (Å²) in [4.78, 5) is 11.9. The summed E-state index contributed by atoms with van der Waals surface area (Å²) in [6.45, 7) is 0. The van der Waals surface area contributed by atoms with Gasteiger partial charge < -0.3 is 4.90 Å². The fourth-order valence-electron chi connectivity index (χ4n) is 0.459. The number of ketones is 1. The van der Waals surface area contributed by atoms with Gasteiger partial charge in [0.1, 0.15) is 0 Å². The zero-order chi connectivity index (χ0) is 10.5. The lowest BCUT2D eigenvalue weighted by atomic mass is 10.3. The maximum Gasteiger partial charge on any atom is 0.454 e. The molecule has 13 heavy (non-hydrogen) atoms.